The third kappa shape index (κ3) is 3.89. The van der Waals surface area contributed by atoms with Crippen LogP contribution in [0.3, 0.4) is 0 Å². The molecule has 0 radical (unpaired) electrons. The highest BCUT2D eigenvalue weighted by atomic mass is 35.5. The van der Waals surface area contributed by atoms with Crippen LogP contribution in [0.4, 0.5) is 0 Å². The number of nitrogens with zero attached hydrogens (tertiary/aromatic N) is 2. The Morgan fingerprint density at radius 1 is 1.36 bits per heavy atom. The number of carbonyl (C=O) groups excluding carboxylic acids is 3. The largest absolute Gasteiger partial charge is 0.466 e. The minimum absolute atomic E-state index is 0.00390. The van der Waals surface area contributed by atoms with E-state index < -0.39 is 11.9 Å². The van der Waals surface area contributed by atoms with Gasteiger partial charge in [-0.1, -0.05) is 23.2 Å². The summed E-state index contributed by atoms with van der Waals surface area (Å²) >= 11 is 12.8. The van der Waals surface area contributed by atoms with Gasteiger partial charge in [-0.2, -0.15) is 4.99 Å². The number of esters is 1. The molecule has 1 heterocycles. The Morgan fingerprint density at radius 3 is 2.68 bits per heavy atom. The van der Waals surface area contributed by atoms with E-state index in [1.807, 2.05) is 0 Å². The van der Waals surface area contributed by atoms with Gasteiger partial charge in [0.1, 0.15) is 0 Å². The van der Waals surface area contributed by atoms with E-state index in [4.69, 9.17) is 23.2 Å². The number of hydrogen-bond donors (Lipinski definition) is 0. The van der Waals surface area contributed by atoms with Crippen LogP contribution in [0.15, 0.2) is 34.2 Å². The number of hydrogen-bond acceptors (Lipinski definition) is 5. The normalized spacial score (nSPS) is 20.4. The highest BCUT2D eigenvalue weighted by molar-refractivity contribution is 8.18. The van der Waals surface area contributed by atoms with Gasteiger partial charge in [0.25, 0.3) is 11.8 Å². The number of rotatable bonds is 3. The van der Waals surface area contributed by atoms with Crippen molar-refractivity contribution in [2.24, 2.45) is 4.99 Å². The van der Waals surface area contributed by atoms with E-state index in [1.165, 1.54) is 30.2 Å². The fourth-order valence-electron chi connectivity index (χ4n) is 2.20. The molecule has 9 heteroatoms. The van der Waals surface area contributed by atoms with Gasteiger partial charge < -0.3 is 4.74 Å². The van der Waals surface area contributed by atoms with Crippen LogP contribution in [-0.4, -0.2) is 41.0 Å². The SMILES string of the molecule is COC(=O)C=C1SC(=NC(=O)c2ccc(Cl)cc2Cl)N(C2CC2)C1=O. The van der Waals surface area contributed by atoms with Crippen LogP contribution in [0, 0.1) is 0 Å². The van der Waals surface area contributed by atoms with Crippen molar-refractivity contribution in [3.63, 3.8) is 0 Å². The molecule has 0 N–H and O–H groups in total. The maximum atomic E-state index is 12.5. The van der Waals surface area contributed by atoms with Crippen molar-refractivity contribution < 1.29 is 19.1 Å². The number of methoxy groups -OCH3 is 1. The summed E-state index contributed by atoms with van der Waals surface area (Å²) in [5, 5.41) is 0.820. The number of benzene rings is 1. The fourth-order valence-corrected chi connectivity index (χ4v) is 3.68. The van der Waals surface area contributed by atoms with Gasteiger partial charge in [-0.3, -0.25) is 14.5 Å². The predicted molar refractivity (Wildman–Crippen MR) is 95.8 cm³/mol. The van der Waals surface area contributed by atoms with Gasteiger partial charge in [0.15, 0.2) is 5.17 Å². The third-order valence-electron chi connectivity index (χ3n) is 3.56. The highest BCUT2D eigenvalue weighted by Crippen LogP contribution is 2.39. The zero-order valence-electron chi connectivity index (χ0n) is 13.0. The first-order chi connectivity index (χ1) is 11.9. The van der Waals surface area contributed by atoms with Gasteiger partial charge in [0, 0.05) is 17.1 Å². The van der Waals surface area contributed by atoms with E-state index in [0.29, 0.717) is 5.02 Å². The Kier molecular flexibility index (Phi) is 5.17. The van der Waals surface area contributed by atoms with Crippen molar-refractivity contribution in [1.29, 1.82) is 0 Å². The van der Waals surface area contributed by atoms with Crippen LogP contribution in [0.5, 0.6) is 0 Å². The lowest BCUT2D eigenvalue weighted by atomic mass is 10.2. The maximum Gasteiger partial charge on any atom is 0.331 e. The second kappa shape index (κ2) is 7.19. The molecule has 3 rings (SSSR count). The Labute approximate surface area is 157 Å². The molecule has 130 valence electrons. The van der Waals surface area contributed by atoms with Crippen molar-refractivity contribution in [2.75, 3.05) is 7.11 Å². The molecule has 0 atom stereocenters. The molecule has 0 aromatic heterocycles. The van der Waals surface area contributed by atoms with E-state index in [0.717, 1.165) is 30.7 Å². The molecule has 2 aliphatic rings. The van der Waals surface area contributed by atoms with Crippen LogP contribution in [-0.2, 0) is 14.3 Å². The van der Waals surface area contributed by atoms with Gasteiger partial charge in [-0.25, -0.2) is 4.79 Å². The summed E-state index contributed by atoms with van der Waals surface area (Å²) in [5.74, 6) is -1.58. The van der Waals surface area contributed by atoms with E-state index in [-0.39, 0.29) is 32.6 Å². The summed E-state index contributed by atoms with van der Waals surface area (Å²) in [4.78, 5) is 42.0. The average molecular weight is 399 g/mol. The molecular formula is C16H12Cl2N2O4S. The third-order valence-corrected chi connectivity index (χ3v) is 5.09. The molecule has 0 spiro atoms. The Balaban J connectivity index is 1.92. The Hall–Kier alpha value is -1.83. The molecule has 1 aliphatic carbocycles. The summed E-state index contributed by atoms with van der Waals surface area (Å²) in [6.07, 6.45) is 2.75. The van der Waals surface area contributed by atoms with E-state index >= 15 is 0 Å². The standard InChI is InChI=1S/C16H12Cl2N2O4S/c1-24-13(21)7-12-15(23)20(9-3-4-9)16(25-12)19-14(22)10-5-2-8(17)6-11(10)18/h2,5-7,9H,3-4H2,1H3. The summed E-state index contributed by atoms with van der Waals surface area (Å²) < 4.78 is 4.55. The van der Waals surface area contributed by atoms with Crippen LogP contribution >= 0.6 is 35.0 Å². The van der Waals surface area contributed by atoms with Gasteiger partial charge in [0.05, 0.1) is 22.6 Å². The molecule has 1 aliphatic heterocycles. The van der Waals surface area contributed by atoms with Crippen molar-refractivity contribution in [1.82, 2.24) is 4.90 Å². The van der Waals surface area contributed by atoms with E-state index in [1.54, 1.807) is 0 Å². The molecule has 1 aromatic rings. The first-order valence-electron chi connectivity index (χ1n) is 7.30. The van der Waals surface area contributed by atoms with E-state index in [2.05, 4.69) is 9.73 Å². The minimum Gasteiger partial charge on any atom is -0.466 e. The number of carbonyl (C=O) groups is 3. The number of halogens is 2. The van der Waals surface area contributed by atoms with Crippen LogP contribution < -0.4 is 0 Å². The first-order valence-corrected chi connectivity index (χ1v) is 8.87. The number of amides is 2. The van der Waals surface area contributed by atoms with E-state index in [9.17, 15) is 14.4 Å². The second-order valence-corrected chi connectivity index (χ2v) is 7.22. The summed E-state index contributed by atoms with van der Waals surface area (Å²) in [6, 6.07) is 4.46. The lowest BCUT2D eigenvalue weighted by molar-refractivity contribution is -0.135. The lowest BCUT2D eigenvalue weighted by Crippen LogP contribution is -2.32. The molecule has 1 saturated heterocycles. The summed E-state index contributed by atoms with van der Waals surface area (Å²) in [6.45, 7) is 0. The number of ether oxygens (including phenoxy) is 1. The minimum atomic E-state index is -0.639. The van der Waals surface area contributed by atoms with Crippen molar-refractivity contribution in [2.45, 2.75) is 18.9 Å². The van der Waals surface area contributed by atoms with Crippen molar-refractivity contribution >= 4 is 57.9 Å². The summed E-state index contributed by atoms with van der Waals surface area (Å²) in [7, 11) is 1.23. The Morgan fingerprint density at radius 2 is 2.08 bits per heavy atom. The predicted octanol–water partition coefficient (Wildman–Crippen LogP) is 3.28. The molecule has 6 nitrogen and oxygen atoms in total. The van der Waals surface area contributed by atoms with Gasteiger partial charge >= 0.3 is 5.97 Å². The molecule has 2 amide bonds. The summed E-state index contributed by atoms with van der Waals surface area (Å²) in [5.41, 5.74) is 0.188. The van der Waals surface area contributed by atoms with Gasteiger partial charge in [-0.05, 0) is 42.8 Å². The lowest BCUT2D eigenvalue weighted by Gasteiger charge is -2.13. The Bertz CT molecular complexity index is 833. The molecule has 2 fully saturated rings. The van der Waals surface area contributed by atoms with Crippen molar-refractivity contribution in [3.05, 3.63) is 44.8 Å². The topological polar surface area (TPSA) is 76.0 Å². The average Bonchev–Trinajstić information content (AvgIpc) is 3.34. The monoisotopic (exact) mass is 398 g/mol. The number of aliphatic imine (C=N–C) groups is 1. The molecule has 1 aromatic carbocycles. The number of amidine groups is 1. The quantitative estimate of drug-likeness (QED) is 0.576. The molecular weight excluding hydrogens is 387 g/mol. The van der Waals surface area contributed by atoms with Crippen LogP contribution in [0.25, 0.3) is 0 Å². The first kappa shape index (κ1) is 18.0. The fraction of sp³-hybridized carbons (Fsp3) is 0.250. The smallest absolute Gasteiger partial charge is 0.331 e. The molecule has 1 saturated carbocycles. The second-order valence-electron chi connectivity index (χ2n) is 5.36. The number of thioether (sulfide) groups is 1. The van der Waals surface area contributed by atoms with Crippen molar-refractivity contribution in [3.8, 4) is 0 Å². The zero-order chi connectivity index (χ0) is 18.1. The molecule has 0 unspecified atom stereocenters. The molecule has 25 heavy (non-hydrogen) atoms. The van der Waals surface area contributed by atoms with Crippen LogP contribution in [0.1, 0.15) is 23.2 Å². The van der Waals surface area contributed by atoms with Gasteiger partial charge in [-0.15, -0.1) is 0 Å². The van der Waals surface area contributed by atoms with Crippen LogP contribution in [0.2, 0.25) is 10.0 Å². The van der Waals surface area contributed by atoms with Gasteiger partial charge in [0.2, 0.25) is 0 Å². The highest BCUT2D eigenvalue weighted by Gasteiger charge is 2.43. The zero-order valence-corrected chi connectivity index (χ0v) is 15.3. The molecule has 0 bridgehead atoms. The maximum absolute atomic E-state index is 12.5.